The summed E-state index contributed by atoms with van der Waals surface area (Å²) in [4.78, 5) is 11.5. The van der Waals surface area contributed by atoms with Crippen LogP contribution in [0.15, 0.2) is 37.7 Å². The van der Waals surface area contributed by atoms with Gasteiger partial charge in [0.05, 0.1) is 11.8 Å². The van der Waals surface area contributed by atoms with Crippen molar-refractivity contribution in [3.05, 3.63) is 34.9 Å². The molecule has 5 rings (SSSR count). The van der Waals surface area contributed by atoms with E-state index >= 15 is 0 Å². The number of thiophene rings is 1. The maximum atomic E-state index is 5.82. The van der Waals surface area contributed by atoms with Crippen LogP contribution in [0, 0.1) is 12.8 Å². The van der Waals surface area contributed by atoms with Crippen LogP contribution in [-0.2, 0) is 12.8 Å². The van der Waals surface area contributed by atoms with Gasteiger partial charge in [0, 0.05) is 10.3 Å². The zero-order valence-electron chi connectivity index (χ0n) is 14.4. The zero-order valence-corrected chi connectivity index (χ0v) is 16.0. The quantitative estimate of drug-likeness (QED) is 0.464. The highest BCUT2D eigenvalue weighted by molar-refractivity contribution is 7.99. The van der Waals surface area contributed by atoms with E-state index < -0.39 is 0 Å². The molecule has 4 heterocycles. The fourth-order valence-electron chi connectivity index (χ4n) is 3.37. The van der Waals surface area contributed by atoms with Gasteiger partial charge in [-0.05, 0) is 55.5 Å². The molecule has 0 saturated heterocycles. The van der Waals surface area contributed by atoms with Gasteiger partial charge in [-0.15, -0.1) is 21.5 Å². The molecule has 1 atom stereocenters. The van der Waals surface area contributed by atoms with Gasteiger partial charge in [-0.1, -0.05) is 6.92 Å². The van der Waals surface area contributed by atoms with E-state index in [0.29, 0.717) is 11.1 Å². The maximum absolute atomic E-state index is 5.82. The summed E-state index contributed by atoms with van der Waals surface area (Å²) in [7, 11) is 0. The summed E-state index contributed by atoms with van der Waals surface area (Å²) < 4.78 is 11.1. The summed E-state index contributed by atoms with van der Waals surface area (Å²) >= 11 is 3.19. The Morgan fingerprint density at radius 1 is 1.27 bits per heavy atom. The molecule has 0 saturated carbocycles. The highest BCUT2D eigenvalue weighted by atomic mass is 32.2. The van der Waals surface area contributed by atoms with Gasteiger partial charge >= 0.3 is 0 Å². The molecule has 0 bridgehead atoms. The second-order valence-electron chi connectivity index (χ2n) is 6.58. The third-order valence-corrected chi connectivity index (χ3v) is 6.74. The normalized spacial score (nSPS) is 16.9. The van der Waals surface area contributed by atoms with E-state index in [1.165, 1.54) is 28.6 Å². The molecular weight excluding hydrogens is 368 g/mol. The number of rotatable bonds is 3. The van der Waals surface area contributed by atoms with Gasteiger partial charge in [-0.25, -0.2) is 9.97 Å². The van der Waals surface area contributed by atoms with Gasteiger partial charge in [0.2, 0.25) is 0 Å². The first-order valence-corrected chi connectivity index (χ1v) is 10.1. The fraction of sp³-hybridized carbons (Fsp3) is 0.333. The maximum Gasteiger partial charge on any atom is 0.283 e. The number of nitrogens with zero attached hydrogens (tertiary/aromatic N) is 4. The lowest BCUT2D eigenvalue weighted by Crippen LogP contribution is -2.08. The van der Waals surface area contributed by atoms with Gasteiger partial charge in [0.25, 0.3) is 11.1 Å². The van der Waals surface area contributed by atoms with Crippen molar-refractivity contribution in [2.45, 2.75) is 43.4 Å². The van der Waals surface area contributed by atoms with Crippen molar-refractivity contribution in [3.63, 3.8) is 0 Å². The van der Waals surface area contributed by atoms with Crippen LogP contribution < -0.4 is 0 Å². The number of fused-ring (bicyclic) bond motifs is 3. The van der Waals surface area contributed by atoms with Crippen molar-refractivity contribution in [2.75, 3.05) is 0 Å². The Hall–Kier alpha value is -2.19. The molecule has 0 unspecified atom stereocenters. The minimum absolute atomic E-state index is 0.463. The summed E-state index contributed by atoms with van der Waals surface area (Å²) in [5.74, 6) is 1.96. The van der Waals surface area contributed by atoms with Crippen molar-refractivity contribution in [3.8, 4) is 11.5 Å². The molecule has 4 aromatic heterocycles. The van der Waals surface area contributed by atoms with Crippen molar-refractivity contribution >= 4 is 33.3 Å². The van der Waals surface area contributed by atoms with E-state index in [1.807, 2.05) is 13.0 Å². The van der Waals surface area contributed by atoms with Crippen molar-refractivity contribution in [2.24, 2.45) is 5.92 Å². The zero-order chi connectivity index (χ0) is 17.7. The standard InChI is InChI=1S/C18H16N4O2S2/c1-9-3-4-12-13(7-9)25-16-14(12)17(20-8-19-16)26-18-22-21-15(24-18)11-5-6-23-10(11)2/h5-6,8-9H,3-4,7H2,1-2H3/t9-/m1/s1. The molecule has 0 spiro atoms. The third-order valence-electron chi connectivity index (χ3n) is 4.74. The monoisotopic (exact) mass is 384 g/mol. The Bertz CT molecular complexity index is 1100. The van der Waals surface area contributed by atoms with Crippen LogP contribution in [0.3, 0.4) is 0 Å². The molecule has 132 valence electrons. The highest BCUT2D eigenvalue weighted by Crippen LogP contribution is 2.42. The molecule has 6 nitrogen and oxygen atoms in total. The molecule has 0 radical (unpaired) electrons. The first-order chi connectivity index (χ1) is 12.7. The van der Waals surface area contributed by atoms with E-state index in [0.717, 1.165) is 45.3 Å². The number of hydrogen-bond acceptors (Lipinski definition) is 8. The molecule has 8 heteroatoms. The highest BCUT2D eigenvalue weighted by Gasteiger charge is 2.24. The molecule has 0 fully saturated rings. The molecule has 1 aliphatic rings. The minimum atomic E-state index is 0.463. The summed E-state index contributed by atoms with van der Waals surface area (Å²) in [5.41, 5.74) is 2.22. The fourth-order valence-corrected chi connectivity index (χ4v) is 5.58. The first kappa shape index (κ1) is 16.0. The number of aryl methyl sites for hydroxylation is 2. The van der Waals surface area contributed by atoms with Crippen molar-refractivity contribution in [1.82, 2.24) is 20.2 Å². The SMILES string of the molecule is Cc1occc1-c1nnc(Sc2ncnc3sc4c(c23)CC[C@@H](C)C4)o1. The number of aromatic nitrogens is 4. The topological polar surface area (TPSA) is 77.8 Å². The minimum Gasteiger partial charge on any atom is -0.469 e. The molecule has 26 heavy (non-hydrogen) atoms. The molecule has 0 aromatic carbocycles. The Labute approximate surface area is 158 Å². The smallest absolute Gasteiger partial charge is 0.283 e. The third kappa shape index (κ3) is 2.64. The molecule has 0 N–H and O–H groups in total. The molecule has 1 aliphatic carbocycles. The summed E-state index contributed by atoms with van der Waals surface area (Å²) in [6.45, 7) is 4.19. The number of furan rings is 1. The predicted octanol–water partition coefficient (Wildman–Crippen LogP) is 4.92. The predicted molar refractivity (Wildman–Crippen MR) is 99.5 cm³/mol. The lowest BCUT2D eigenvalue weighted by atomic mass is 9.89. The average molecular weight is 384 g/mol. The largest absolute Gasteiger partial charge is 0.469 e. The Kier molecular flexibility index (Phi) is 3.82. The van der Waals surface area contributed by atoms with Crippen LogP contribution in [-0.4, -0.2) is 20.2 Å². The first-order valence-electron chi connectivity index (χ1n) is 8.50. The Morgan fingerprint density at radius 2 is 2.19 bits per heavy atom. The summed E-state index contributed by atoms with van der Waals surface area (Å²) in [5, 5.41) is 10.8. The van der Waals surface area contributed by atoms with E-state index in [2.05, 4.69) is 27.1 Å². The van der Waals surface area contributed by atoms with Crippen molar-refractivity contribution < 1.29 is 8.83 Å². The lowest BCUT2D eigenvalue weighted by Gasteiger charge is -2.17. The van der Waals surface area contributed by atoms with Crippen LogP contribution >= 0.6 is 23.1 Å². The Balaban J connectivity index is 1.52. The van der Waals surface area contributed by atoms with Gasteiger partial charge < -0.3 is 8.83 Å². The molecular formula is C18H16N4O2S2. The summed E-state index contributed by atoms with van der Waals surface area (Å²) in [6.07, 6.45) is 6.66. The average Bonchev–Trinajstić information content (AvgIpc) is 3.32. The van der Waals surface area contributed by atoms with Crippen LogP contribution in [0.25, 0.3) is 21.7 Å². The van der Waals surface area contributed by atoms with Crippen LogP contribution in [0.4, 0.5) is 0 Å². The van der Waals surface area contributed by atoms with Crippen LogP contribution in [0.2, 0.25) is 0 Å². The van der Waals surface area contributed by atoms with Gasteiger partial charge in [0.1, 0.15) is 21.9 Å². The summed E-state index contributed by atoms with van der Waals surface area (Å²) in [6, 6.07) is 1.83. The lowest BCUT2D eigenvalue weighted by molar-refractivity contribution is 0.463. The van der Waals surface area contributed by atoms with Gasteiger partial charge in [-0.3, -0.25) is 0 Å². The van der Waals surface area contributed by atoms with Gasteiger partial charge in [0.15, 0.2) is 0 Å². The van der Waals surface area contributed by atoms with Crippen LogP contribution in [0.1, 0.15) is 29.5 Å². The second kappa shape index (κ2) is 6.21. The van der Waals surface area contributed by atoms with Gasteiger partial charge in [-0.2, -0.15) is 0 Å². The van der Waals surface area contributed by atoms with E-state index in [-0.39, 0.29) is 0 Å². The second-order valence-corrected chi connectivity index (χ2v) is 8.60. The van der Waals surface area contributed by atoms with E-state index in [9.17, 15) is 0 Å². The Morgan fingerprint density at radius 3 is 3.04 bits per heavy atom. The molecule has 4 aromatic rings. The van der Waals surface area contributed by atoms with E-state index in [4.69, 9.17) is 8.83 Å². The van der Waals surface area contributed by atoms with E-state index in [1.54, 1.807) is 23.9 Å². The number of hydrogen-bond donors (Lipinski definition) is 0. The van der Waals surface area contributed by atoms with Crippen LogP contribution in [0.5, 0.6) is 0 Å². The molecule has 0 amide bonds. The van der Waals surface area contributed by atoms with Crippen molar-refractivity contribution in [1.29, 1.82) is 0 Å². The molecule has 0 aliphatic heterocycles.